The maximum Gasteiger partial charge on any atom is 0.253 e. The Balaban J connectivity index is 1.33. The van der Waals surface area contributed by atoms with Crippen LogP contribution in [0.1, 0.15) is 60.4 Å². The summed E-state index contributed by atoms with van der Waals surface area (Å²) in [5.41, 5.74) is 1.84. The van der Waals surface area contributed by atoms with Crippen LogP contribution in [0.25, 0.3) is 0 Å². The molecule has 1 amide bonds. The zero-order chi connectivity index (χ0) is 19.3. The van der Waals surface area contributed by atoms with Gasteiger partial charge in [0.15, 0.2) is 0 Å². The fraction of sp³-hybridized carbons (Fsp3) is 0.545. The number of nitrogens with zero attached hydrogens (tertiary/aromatic N) is 4. The Morgan fingerprint density at radius 3 is 2.54 bits per heavy atom. The summed E-state index contributed by atoms with van der Waals surface area (Å²) in [5, 5.41) is 3.59. The maximum atomic E-state index is 12.6. The predicted molar refractivity (Wildman–Crippen MR) is 109 cm³/mol. The smallest absolute Gasteiger partial charge is 0.253 e. The number of hydrogen-bond donors (Lipinski definition) is 1. The molecular weight excluding hydrogens is 350 g/mol. The number of aryl methyl sites for hydroxylation is 1. The van der Waals surface area contributed by atoms with Gasteiger partial charge < -0.3 is 10.2 Å². The number of nitrogens with one attached hydrogen (secondary N) is 1. The van der Waals surface area contributed by atoms with Gasteiger partial charge in [-0.25, -0.2) is 9.97 Å². The minimum Gasteiger partial charge on any atom is -0.367 e. The molecule has 28 heavy (non-hydrogen) atoms. The molecule has 6 nitrogen and oxygen atoms in total. The van der Waals surface area contributed by atoms with Gasteiger partial charge >= 0.3 is 0 Å². The summed E-state index contributed by atoms with van der Waals surface area (Å²) >= 11 is 0. The van der Waals surface area contributed by atoms with E-state index in [-0.39, 0.29) is 5.91 Å². The lowest BCUT2D eigenvalue weighted by Gasteiger charge is -2.32. The number of carbonyl (C=O) groups is 1. The molecule has 1 saturated carbocycles. The van der Waals surface area contributed by atoms with E-state index < -0.39 is 0 Å². The number of carbonyl (C=O) groups excluding carboxylic acids is 1. The lowest BCUT2D eigenvalue weighted by molar-refractivity contribution is 0.0690. The minimum absolute atomic E-state index is 0.113. The first-order valence-corrected chi connectivity index (χ1v) is 10.5. The largest absolute Gasteiger partial charge is 0.367 e. The number of pyridine rings is 1. The highest BCUT2D eigenvalue weighted by atomic mass is 16.2. The highest BCUT2D eigenvalue weighted by molar-refractivity contribution is 5.94. The van der Waals surface area contributed by atoms with Crippen molar-refractivity contribution in [3.63, 3.8) is 0 Å². The van der Waals surface area contributed by atoms with Gasteiger partial charge in [-0.2, -0.15) is 0 Å². The van der Waals surface area contributed by atoms with Crippen molar-refractivity contribution >= 4 is 11.7 Å². The average Bonchev–Trinajstić information content (AvgIpc) is 3.21. The van der Waals surface area contributed by atoms with Crippen molar-refractivity contribution in [1.82, 2.24) is 19.9 Å². The van der Waals surface area contributed by atoms with E-state index in [4.69, 9.17) is 0 Å². The molecule has 6 heteroatoms. The molecule has 0 bridgehead atoms. The Kier molecular flexibility index (Phi) is 5.84. The molecule has 0 radical (unpaired) electrons. The van der Waals surface area contributed by atoms with Crippen molar-refractivity contribution in [2.24, 2.45) is 5.92 Å². The van der Waals surface area contributed by atoms with E-state index in [0.717, 1.165) is 55.3 Å². The quantitative estimate of drug-likeness (QED) is 0.859. The van der Waals surface area contributed by atoms with E-state index in [1.807, 2.05) is 11.8 Å². The zero-order valence-corrected chi connectivity index (χ0v) is 16.6. The van der Waals surface area contributed by atoms with E-state index in [9.17, 15) is 4.79 Å². The minimum atomic E-state index is 0.113. The number of amides is 1. The average molecular weight is 380 g/mol. The summed E-state index contributed by atoms with van der Waals surface area (Å²) in [6, 6.07) is 6.26. The molecule has 1 aliphatic carbocycles. The standard InChI is InChI=1S/C22H29N5O/c1-16-24-20(15-21(25-16)26-19-4-2-3-5-19)14-17-8-12-27(13-9-17)22(28)18-6-10-23-11-7-18/h6-7,10-11,15,17,19H,2-5,8-9,12-14H2,1H3,(H,24,25,26). The number of anilines is 1. The van der Waals surface area contributed by atoms with Gasteiger partial charge in [-0.1, -0.05) is 12.8 Å². The molecule has 0 unspecified atom stereocenters. The highest BCUT2D eigenvalue weighted by Crippen LogP contribution is 2.25. The van der Waals surface area contributed by atoms with Gasteiger partial charge in [0.25, 0.3) is 5.91 Å². The van der Waals surface area contributed by atoms with Crippen molar-refractivity contribution in [1.29, 1.82) is 0 Å². The lowest BCUT2D eigenvalue weighted by Crippen LogP contribution is -2.39. The molecule has 0 spiro atoms. The Hall–Kier alpha value is -2.50. The van der Waals surface area contributed by atoms with Crippen molar-refractivity contribution in [2.75, 3.05) is 18.4 Å². The SMILES string of the molecule is Cc1nc(CC2CCN(C(=O)c3ccncc3)CC2)cc(NC2CCCC2)n1. The summed E-state index contributed by atoms with van der Waals surface area (Å²) in [4.78, 5) is 27.8. The Morgan fingerprint density at radius 1 is 1.11 bits per heavy atom. The number of likely N-dealkylation sites (tertiary alicyclic amines) is 1. The summed E-state index contributed by atoms with van der Waals surface area (Å²) in [6.45, 7) is 3.59. The van der Waals surface area contributed by atoms with Gasteiger partial charge in [0.1, 0.15) is 11.6 Å². The monoisotopic (exact) mass is 379 g/mol. The summed E-state index contributed by atoms with van der Waals surface area (Å²) < 4.78 is 0. The fourth-order valence-corrected chi connectivity index (χ4v) is 4.40. The van der Waals surface area contributed by atoms with Crippen molar-refractivity contribution in [3.8, 4) is 0 Å². The van der Waals surface area contributed by atoms with Crippen LogP contribution in [-0.2, 0) is 6.42 Å². The molecule has 1 aliphatic heterocycles. The van der Waals surface area contributed by atoms with Crippen LogP contribution >= 0.6 is 0 Å². The molecule has 2 aromatic rings. The molecule has 2 aromatic heterocycles. The second-order valence-corrected chi connectivity index (χ2v) is 8.09. The van der Waals surface area contributed by atoms with Crippen LogP contribution in [0.4, 0.5) is 5.82 Å². The molecule has 2 aliphatic rings. The number of hydrogen-bond acceptors (Lipinski definition) is 5. The van der Waals surface area contributed by atoms with Crippen LogP contribution in [-0.4, -0.2) is 44.9 Å². The maximum absolute atomic E-state index is 12.6. The first-order chi connectivity index (χ1) is 13.7. The first kappa shape index (κ1) is 18.8. The van der Waals surface area contributed by atoms with Crippen LogP contribution in [0.2, 0.25) is 0 Å². The summed E-state index contributed by atoms with van der Waals surface area (Å²) in [7, 11) is 0. The van der Waals surface area contributed by atoms with Gasteiger partial charge in [-0.3, -0.25) is 9.78 Å². The van der Waals surface area contributed by atoms with Crippen LogP contribution in [0.3, 0.4) is 0 Å². The zero-order valence-electron chi connectivity index (χ0n) is 16.6. The topological polar surface area (TPSA) is 71.0 Å². The third-order valence-corrected chi connectivity index (χ3v) is 5.93. The summed E-state index contributed by atoms with van der Waals surface area (Å²) in [5.74, 6) is 2.49. The molecule has 4 rings (SSSR count). The Bertz CT molecular complexity index is 796. The second kappa shape index (κ2) is 8.67. The Morgan fingerprint density at radius 2 is 1.82 bits per heavy atom. The van der Waals surface area contributed by atoms with Gasteiger partial charge in [0, 0.05) is 48.8 Å². The molecule has 3 heterocycles. The molecule has 1 N–H and O–H groups in total. The van der Waals surface area contributed by atoms with Gasteiger partial charge in [0.05, 0.1) is 0 Å². The highest BCUT2D eigenvalue weighted by Gasteiger charge is 2.24. The molecule has 148 valence electrons. The van der Waals surface area contributed by atoms with Crippen LogP contribution < -0.4 is 5.32 Å². The summed E-state index contributed by atoms with van der Waals surface area (Å²) in [6.07, 6.45) is 11.4. The van der Waals surface area contributed by atoms with E-state index >= 15 is 0 Å². The third kappa shape index (κ3) is 4.66. The van der Waals surface area contributed by atoms with E-state index in [2.05, 4.69) is 26.3 Å². The van der Waals surface area contributed by atoms with Crippen LogP contribution in [0, 0.1) is 12.8 Å². The molecule has 1 saturated heterocycles. The van der Waals surface area contributed by atoms with Gasteiger partial charge in [-0.15, -0.1) is 0 Å². The number of rotatable bonds is 5. The molecule has 2 fully saturated rings. The lowest BCUT2D eigenvalue weighted by atomic mass is 9.91. The normalized spacial score (nSPS) is 18.4. The van der Waals surface area contributed by atoms with E-state index in [1.54, 1.807) is 24.5 Å². The van der Waals surface area contributed by atoms with Crippen LogP contribution in [0.5, 0.6) is 0 Å². The molecule has 0 atom stereocenters. The molecule has 0 aromatic carbocycles. The van der Waals surface area contributed by atoms with Crippen molar-refractivity contribution in [3.05, 3.63) is 47.7 Å². The van der Waals surface area contributed by atoms with Crippen molar-refractivity contribution < 1.29 is 4.79 Å². The predicted octanol–water partition coefficient (Wildman–Crippen LogP) is 3.63. The third-order valence-electron chi connectivity index (χ3n) is 5.93. The van der Waals surface area contributed by atoms with Gasteiger partial charge in [-0.05, 0) is 57.1 Å². The Labute approximate surface area is 166 Å². The van der Waals surface area contributed by atoms with E-state index in [0.29, 0.717) is 12.0 Å². The number of piperidine rings is 1. The first-order valence-electron chi connectivity index (χ1n) is 10.5. The van der Waals surface area contributed by atoms with Crippen LogP contribution in [0.15, 0.2) is 30.6 Å². The number of aromatic nitrogens is 3. The molecular formula is C22H29N5O. The fourth-order valence-electron chi connectivity index (χ4n) is 4.40. The van der Waals surface area contributed by atoms with E-state index in [1.165, 1.54) is 25.7 Å². The van der Waals surface area contributed by atoms with Gasteiger partial charge in [0.2, 0.25) is 0 Å². The second-order valence-electron chi connectivity index (χ2n) is 8.09. The van der Waals surface area contributed by atoms with Crippen molar-refractivity contribution in [2.45, 2.75) is 57.9 Å².